The highest BCUT2D eigenvalue weighted by Gasteiger charge is 2.13. The summed E-state index contributed by atoms with van der Waals surface area (Å²) in [6.45, 7) is 5.05. The van der Waals surface area contributed by atoms with Crippen molar-refractivity contribution in [3.8, 4) is 22.6 Å². The molecule has 2 nitrogen and oxygen atoms in total. The van der Waals surface area contributed by atoms with E-state index in [1.165, 1.54) is 0 Å². The molecule has 0 radical (unpaired) electrons. The van der Waals surface area contributed by atoms with Gasteiger partial charge in [-0.25, -0.2) is 0 Å². The Labute approximate surface area is 129 Å². The molecule has 0 heterocycles. The second-order valence-corrected chi connectivity index (χ2v) is 5.02. The Hall–Kier alpha value is -1.38. The molecular weight excluding hydrogens is 295 g/mol. The van der Waals surface area contributed by atoms with Gasteiger partial charge in [-0.2, -0.15) is 0 Å². The van der Waals surface area contributed by atoms with Crippen molar-refractivity contribution in [2.75, 3.05) is 13.2 Å². The molecule has 20 heavy (non-hydrogen) atoms. The van der Waals surface area contributed by atoms with E-state index in [2.05, 4.69) is 0 Å². The number of benzene rings is 2. The van der Waals surface area contributed by atoms with Gasteiger partial charge in [0.2, 0.25) is 0 Å². The lowest BCUT2D eigenvalue weighted by molar-refractivity contribution is 0.336. The molecule has 0 unspecified atom stereocenters. The van der Waals surface area contributed by atoms with Gasteiger partial charge in [-0.3, -0.25) is 0 Å². The first-order valence-electron chi connectivity index (χ1n) is 6.50. The van der Waals surface area contributed by atoms with E-state index in [1.54, 1.807) is 12.1 Å². The summed E-state index contributed by atoms with van der Waals surface area (Å²) in [6, 6.07) is 11.1. The predicted octanol–water partition coefficient (Wildman–Crippen LogP) is 5.46. The number of halogens is 2. The van der Waals surface area contributed by atoms with Crippen LogP contribution in [0.3, 0.4) is 0 Å². The smallest absolute Gasteiger partial charge is 0.127 e. The predicted molar refractivity (Wildman–Crippen MR) is 84.2 cm³/mol. The summed E-state index contributed by atoms with van der Waals surface area (Å²) < 4.78 is 11.3. The monoisotopic (exact) mass is 310 g/mol. The molecule has 0 aromatic heterocycles. The highest BCUT2D eigenvalue weighted by molar-refractivity contribution is 6.31. The van der Waals surface area contributed by atoms with Crippen molar-refractivity contribution in [1.29, 1.82) is 0 Å². The van der Waals surface area contributed by atoms with Gasteiger partial charge >= 0.3 is 0 Å². The molecule has 0 aliphatic rings. The Morgan fingerprint density at radius 2 is 1.15 bits per heavy atom. The van der Waals surface area contributed by atoms with E-state index < -0.39 is 0 Å². The summed E-state index contributed by atoms with van der Waals surface area (Å²) in [5, 5.41) is 1.29. The molecule has 0 fully saturated rings. The second-order valence-electron chi connectivity index (χ2n) is 4.15. The summed E-state index contributed by atoms with van der Waals surface area (Å²) >= 11 is 12.2. The van der Waals surface area contributed by atoms with Crippen molar-refractivity contribution in [2.45, 2.75) is 13.8 Å². The standard InChI is InChI=1S/C16H16Cl2O2/c1-3-19-15-7-5-11(17)9-13(15)14-10-12(18)6-8-16(14)20-4-2/h5-10H,3-4H2,1-2H3. The maximum absolute atomic E-state index is 6.11. The van der Waals surface area contributed by atoms with Crippen LogP contribution in [0, 0.1) is 0 Å². The highest BCUT2D eigenvalue weighted by Crippen LogP contribution is 2.39. The number of hydrogen-bond acceptors (Lipinski definition) is 2. The van der Waals surface area contributed by atoms with E-state index in [1.807, 2.05) is 38.1 Å². The van der Waals surface area contributed by atoms with Crippen molar-refractivity contribution in [3.05, 3.63) is 46.4 Å². The molecule has 2 aromatic rings. The average molecular weight is 311 g/mol. The maximum Gasteiger partial charge on any atom is 0.127 e. The minimum absolute atomic E-state index is 0.583. The first kappa shape index (κ1) is 15.0. The summed E-state index contributed by atoms with van der Waals surface area (Å²) in [5.41, 5.74) is 1.76. The third-order valence-electron chi connectivity index (χ3n) is 2.77. The zero-order valence-corrected chi connectivity index (χ0v) is 13.0. The van der Waals surface area contributed by atoms with Gasteiger partial charge in [-0.1, -0.05) is 23.2 Å². The van der Waals surface area contributed by atoms with E-state index >= 15 is 0 Å². The zero-order valence-electron chi connectivity index (χ0n) is 11.5. The van der Waals surface area contributed by atoms with Gasteiger partial charge < -0.3 is 9.47 Å². The Balaban J connectivity index is 2.59. The van der Waals surface area contributed by atoms with Crippen LogP contribution in [0.4, 0.5) is 0 Å². The molecule has 0 N–H and O–H groups in total. The quantitative estimate of drug-likeness (QED) is 0.730. The minimum atomic E-state index is 0.583. The van der Waals surface area contributed by atoms with E-state index in [0.717, 1.165) is 22.6 Å². The Bertz CT molecular complexity index is 544. The third kappa shape index (κ3) is 3.38. The topological polar surface area (TPSA) is 18.5 Å². The minimum Gasteiger partial charge on any atom is -0.493 e. The summed E-state index contributed by atoms with van der Waals surface area (Å²) in [7, 11) is 0. The van der Waals surface area contributed by atoms with Crippen molar-refractivity contribution < 1.29 is 9.47 Å². The average Bonchev–Trinajstić information content (AvgIpc) is 2.43. The van der Waals surface area contributed by atoms with Crippen molar-refractivity contribution >= 4 is 23.2 Å². The van der Waals surface area contributed by atoms with Gasteiger partial charge in [0.1, 0.15) is 11.5 Å². The van der Waals surface area contributed by atoms with E-state index in [9.17, 15) is 0 Å². The lowest BCUT2D eigenvalue weighted by Gasteiger charge is -2.15. The molecule has 0 amide bonds. The van der Waals surface area contributed by atoms with Gasteiger partial charge in [0.15, 0.2) is 0 Å². The van der Waals surface area contributed by atoms with Gasteiger partial charge in [-0.15, -0.1) is 0 Å². The highest BCUT2D eigenvalue weighted by atomic mass is 35.5. The molecule has 0 saturated heterocycles. The van der Waals surface area contributed by atoms with Crippen LogP contribution in [0.25, 0.3) is 11.1 Å². The fourth-order valence-corrected chi connectivity index (χ4v) is 2.33. The summed E-state index contributed by atoms with van der Waals surface area (Å²) in [5.74, 6) is 1.53. The molecular formula is C16H16Cl2O2. The van der Waals surface area contributed by atoms with Gasteiger partial charge in [0, 0.05) is 21.2 Å². The van der Waals surface area contributed by atoms with Crippen molar-refractivity contribution in [2.24, 2.45) is 0 Å². The molecule has 0 aliphatic heterocycles. The van der Waals surface area contributed by atoms with Crippen molar-refractivity contribution in [3.63, 3.8) is 0 Å². The Kier molecular flexibility index (Phi) is 5.16. The number of ether oxygens (including phenoxy) is 2. The van der Waals surface area contributed by atoms with Crippen LogP contribution >= 0.6 is 23.2 Å². The van der Waals surface area contributed by atoms with Crippen LogP contribution < -0.4 is 9.47 Å². The SMILES string of the molecule is CCOc1ccc(Cl)cc1-c1cc(Cl)ccc1OCC. The van der Waals surface area contributed by atoms with E-state index in [0.29, 0.717) is 23.3 Å². The lowest BCUT2D eigenvalue weighted by atomic mass is 10.0. The lowest BCUT2D eigenvalue weighted by Crippen LogP contribution is -1.97. The van der Waals surface area contributed by atoms with E-state index in [4.69, 9.17) is 32.7 Å². The zero-order chi connectivity index (χ0) is 14.5. The van der Waals surface area contributed by atoms with Crippen LogP contribution in [-0.2, 0) is 0 Å². The molecule has 4 heteroatoms. The largest absolute Gasteiger partial charge is 0.493 e. The van der Waals surface area contributed by atoms with Crippen LogP contribution in [-0.4, -0.2) is 13.2 Å². The molecule has 0 spiro atoms. The number of hydrogen-bond donors (Lipinski definition) is 0. The molecule has 0 bridgehead atoms. The Morgan fingerprint density at radius 1 is 0.750 bits per heavy atom. The molecule has 2 aromatic carbocycles. The third-order valence-corrected chi connectivity index (χ3v) is 3.24. The molecule has 0 saturated carbocycles. The van der Waals surface area contributed by atoms with Crippen LogP contribution in [0.2, 0.25) is 10.0 Å². The Morgan fingerprint density at radius 3 is 1.50 bits per heavy atom. The fraction of sp³-hybridized carbons (Fsp3) is 0.250. The van der Waals surface area contributed by atoms with E-state index in [-0.39, 0.29) is 0 Å². The summed E-state index contributed by atoms with van der Waals surface area (Å²) in [6.07, 6.45) is 0. The van der Waals surface area contributed by atoms with Crippen LogP contribution in [0.1, 0.15) is 13.8 Å². The summed E-state index contributed by atoms with van der Waals surface area (Å²) in [4.78, 5) is 0. The first-order chi connectivity index (χ1) is 9.65. The van der Waals surface area contributed by atoms with Gasteiger partial charge in [0.05, 0.1) is 13.2 Å². The first-order valence-corrected chi connectivity index (χ1v) is 7.26. The molecule has 0 aliphatic carbocycles. The van der Waals surface area contributed by atoms with Gasteiger partial charge in [0.25, 0.3) is 0 Å². The normalized spacial score (nSPS) is 10.4. The van der Waals surface area contributed by atoms with Crippen LogP contribution in [0.5, 0.6) is 11.5 Å². The number of rotatable bonds is 5. The van der Waals surface area contributed by atoms with Gasteiger partial charge in [-0.05, 0) is 50.2 Å². The second kappa shape index (κ2) is 6.87. The molecule has 2 rings (SSSR count). The molecule has 106 valence electrons. The maximum atomic E-state index is 6.11. The fourth-order valence-electron chi connectivity index (χ4n) is 1.99. The molecule has 0 atom stereocenters. The van der Waals surface area contributed by atoms with Crippen molar-refractivity contribution in [1.82, 2.24) is 0 Å². The van der Waals surface area contributed by atoms with Crippen LogP contribution in [0.15, 0.2) is 36.4 Å².